The Kier molecular flexibility index (Phi) is 5.64. The Bertz CT molecular complexity index is 406. The van der Waals surface area contributed by atoms with Crippen molar-refractivity contribution >= 4 is 28.8 Å². The van der Waals surface area contributed by atoms with Crippen LogP contribution >= 0.6 is 11.8 Å². The molecule has 0 aromatic heterocycles. The molecular formula is C14H23N3O3S. The molecule has 6 nitrogen and oxygen atoms in total. The Morgan fingerprint density at radius 1 is 1.38 bits per heavy atom. The van der Waals surface area contributed by atoms with Gasteiger partial charge in [-0.3, -0.25) is 24.2 Å². The van der Waals surface area contributed by atoms with E-state index in [0.717, 1.165) is 43.6 Å². The van der Waals surface area contributed by atoms with Crippen molar-refractivity contribution in [2.75, 3.05) is 31.9 Å². The number of carbonyl (C=O) groups is 3. The molecule has 7 heteroatoms. The number of carbonyl (C=O) groups excluding carboxylic acids is 3. The second-order valence-electron chi connectivity index (χ2n) is 5.79. The van der Waals surface area contributed by atoms with Crippen LogP contribution in [-0.4, -0.2) is 64.8 Å². The zero-order chi connectivity index (χ0) is 15.4. The SMILES string of the molecule is CC1CCN([C@@H](C)C(=O)NCCN2C(=O)CSC2=O)CC1. The number of imide groups is 1. The quantitative estimate of drug-likeness (QED) is 0.817. The molecule has 2 aliphatic rings. The van der Waals surface area contributed by atoms with Gasteiger partial charge in [-0.15, -0.1) is 0 Å². The summed E-state index contributed by atoms with van der Waals surface area (Å²) in [6, 6.07) is -0.156. The Balaban J connectivity index is 1.71. The Hall–Kier alpha value is -1.08. The largest absolute Gasteiger partial charge is 0.353 e. The highest BCUT2D eigenvalue weighted by Crippen LogP contribution is 2.19. The van der Waals surface area contributed by atoms with Crippen LogP contribution in [0.15, 0.2) is 0 Å². The van der Waals surface area contributed by atoms with Gasteiger partial charge in [0, 0.05) is 13.1 Å². The minimum absolute atomic E-state index is 0.0312. The summed E-state index contributed by atoms with van der Waals surface area (Å²) in [6.45, 7) is 6.65. The first-order valence-electron chi connectivity index (χ1n) is 7.48. The van der Waals surface area contributed by atoms with Gasteiger partial charge in [0.25, 0.3) is 5.24 Å². The fourth-order valence-corrected chi connectivity index (χ4v) is 3.37. The highest BCUT2D eigenvalue weighted by molar-refractivity contribution is 8.14. The van der Waals surface area contributed by atoms with Gasteiger partial charge in [0.05, 0.1) is 11.8 Å². The highest BCUT2D eigenvalue weighted by atomic mass is 32.2. The number of nitrogens with one attached hydrogen (secondary N) is 1. The van der Waals surface area contributed by atoms with Crippen molar-refractivity contribution < 1.29 is 14.4 Å². The first-order chi connectivity index (χ1) is 9.99. The Labute approximate surface area is 129 Å². The van der Waals surface area contributed by atoms with Gasteiger partial charge in [-0.1, -0.05) is 18.7 Å². The van der Waals surface area contributed by atoms with Crippen LogP contribution in [0.25, 0.3) is 0 Å². The predicted molar refractivity (Wildman–Crippen MR) is 82.0 cm³/mol. The molecule has 2 rings (SSSR count). The van der Waals surface area contributed by atoms with Crippen LogP contribution in [0.4, 0.5) is 4.79 Å². The van der Waals surface area contributed by atoms with Crippen LogP contribution < -0.4 is 5.32 Å². The van der Waals surface area contributed by atoms with Crippen LogP contribution in [-0.2, 0) is 9.59 Å². The van der Waals surface area contributed by atoms with Crippen LogP contribution in [0.3, 0.4) is 0 Å². The third kappa shape index (κ3) is 4.20. The van der Waals surface area contributed by atoms with Gasteiger partial charge in [0.1, 0.15) is 0 Å². The molecule has 0 bridgehead atoms. The van der Waals surface area contributed by atoms with Crippen molar-refractivity contribution in [1.29, 1.82) is 0 Å². The van der Waals surface area contributed by atoms with E-state index in [9.17, 15) is 14.4 Å². The summed E-state index contributed by atoms with van der Waals surface area (Å²) >= 11 is 1.02. The van der Waals surface area contributed by atoms with Crippen molar-refractivity contribution in [3.63, 3.8) is 0 Å². The van der Waals surface area contributed by atoms with Crippen molar-refractivity contribution in [3.05, 3.63) is 0 Å². The van der Waals surface area contributed by atoms with Crippen molar-refractivity contribution in [3.8, 4) is 0 Å². The number of hydrogen-bond donors (Lipinski definition) is 1. The molecule has 2 saturated heterocycles. The van der Waals surface area contributed by atoms with Gasteiger partial charge in [0.15, 0.2) is 0 Å². The summed E-state index contributed by atoms with van der Waals surface area (Å²) < 4.78 is 0. The lowest BCUT2D eigenvalue weighted by molar-refractivity contribution is -0.128. The summed E-state index contributed by atoms with van der Waals surface area (Å²) in [4.78, 5) is 38.4. The van der Waals surface area contributed by atoms with Crippen LogP contribution in [0.1, 0.15) is 26.7 Å². The molecule has 0 aliphatic carbocycles. The number of nitrogens with zero attached hydrogens (tertiary/aromatic N) is 2. The normalized spacial score (nSPS) is 22.7. The zero-order valence-corrected chi connectivity index (χ0v) is 13.4. The molecule has 0 spiro atoms. The molecule has 2 heterocycles. The molecule has 0 aromatic rings. The van der Waals surface area contributed by atoms with Gasteiger partial charge >= 0.3 is 0 Å². The number of rotatable bonds is 5. The van der Waals surface area contributed by atoms with Crippen molar-refractivity contribution in [1.82, 2.24) is 15.1 Å². The molecule has 2 fully saturated rings. The van der Waals surface area contributed by atoms with Crippen molar-refractivity contribution in [2.24, 2.45) is 5.92 Å². The van der Waals surface area contributed by atoms with Gasteiger partial charge in [-0.2, -0.15) is 0 Å². The third-order valence-corrected chi connectivity index (χ3v) is 5.08. The Morgan fingerprint density at radius 2 is 2.05 bits per heavy atom. The standard InChI is InChI=1S/C14H23N3O3S/c1-10-3-6-16(7-4-10)11(2)13(19)15-5-8-17-12(18)9-21-14(17)20/h10-11H,3-9H2,1-2H3,(H,15,19)/t11-/m0/s1. The van der Waals surface area contributed by atoms with Crippen LogP contribution in [0.5, 0.6) is 0 Å². The topological polar surface area (TPSA) is 69.7 Å². The monoisotopic (exact) mass is 313 g/mol. The van der Waals surface area contributed by atoms with E-state index < -0.39 is 0 Å². The van der Waals surface area contributed by atoms with E-state index in [-0.39, 0.29) is 35.4 Å². The molecule has 0 unspecified atom stereocenters. The molecule has 1 N–H and O–H groups in total. The number of piperidine rings is 1. The average molecular weight is 313 g/mol. The molecule has 3 amide bonds. The lowest BCUT2D eigenvalue weighted by Crippen LogP contribution is -2.49. The molecule has 2 aliphatic heterocycles. The van der Waals surface area contributed by atoms with Crippen LogP contribution in [0, 0.1) is 5.92 Å². The van der Waals surface area contributed by atoms with E-state index >= 15 is 0 Å². The molecule has 0 aromatic carbocycles. The van der Waals surface area contributed by atoms with E-state index in [1.54, 1.807) is 0 Å². The second kappa shape index (κ2) is 7.26. The fraction of sp³-hybridized carbons (Fsp3) is 0.786. The smallest absolute Gasteiger partial charge is 0.288 e. The number of thioether (sulfide) groups is 1. The maximum atomic E-state index is 12.1. The lowest BCUT2D eigenvalue weighted by atomic mass is 9.98. The predicted octanol–water partition coefficient (Wildman–Crippen LogP) is 0.918. The number of hydrogen-bond acceptors (Lipinski definition) is 5. The maximum absolute atomic E-state index is 12.1. The van der Waals surface area contributed by atoms with E-state index in [0.29, 0.717) is 6.54 Å². The molecule has 1 atom stereocenters. The van der Waals surface area contributed by atoms with Crippen LogP contribution in [0.2, 0.25) is 0 Å². The summed E-state index contributed by atoms with van der Waals surface area (Å²) in [7, 11) is 0. The fourth-order valence-electron chi connectivity index (χ4n) is 2.62. The van der Waals surface area contributed by atoms with E-state index in [2.05, 4.69) is 17.1 Å². The first-order valence-corrected chi connectivity index (χ1v) is 8.46. The average Bonchev–Trinajstić information content (AvgIpc) is 2.79. The maximum Gasteiger partial charge on any atom is 0.288 e. The van der Waals surface area contributed by atoms with E-state index in [1.807, 2.05) is 6.92 Å². The van der Waals surface area contributed by atoms with Gasteiger partial charge in [-0.05, 0) is 38.8 Å². The third-order valence-electron chi connectivity index (χ3n) is 4.22. The summed E-state index contributed by atoms with van der Waals surface area (Å²) in [5.41, 5.74) is 0. The zero-order valence-electron chi connectivity index (χ0n) is 12.6. The minimum Gasteiger partial charge on any atom is -0.353 e. The molecule has 0 radical (unpaired) electrons. The van der Waals surface area contributed by atoms with Gasteiger partial charge < -0.3 is 5.32 Å². The summed E-state index contributed by atoms with van der Waals surface area (Å²) in [5, 5.41) is 2.61. The molecule has 0 saturated carbocycles. The summed E-state index contributed by atoms with van der Waals surface area (Å²) in [5.74, 6) is 0.754. The highest BCUT2D eigenvalue weighted by Gasteiger charge is 2.30. The summed E-state index contributed by atoms with van der Waals surface area (Å²) in [6.07, 6.45) is 2.26. The number of amides is 3. The Morgan fingerprint density at radius 3 is 2.62 bits per heavy atom. The van der Waals surface area contributed by atoms with Gasteiger partial charge in [-0.25, -0.2) is 0 Å². The van der Waals surface area contributed by atoms with Crippen molar-refractivity contribution in [2.45, 2.75) is 32.7 Å². The molecular weight excluding hydrogens is 290 g/mol. The molecule has 21 heavy (non-hydrogen) atoms. The second-order valence-corrected chi connectivity index (χ2v) is 6.71. The van der Waals surface area contributed by atoms with Gasteiger partial charge in [0.2, 0.25) is 11.8 Å². The molecule has 118 valence electrons. The number of likely N-dealkylation sites (tertiary alicyclic amines) is 1. The van der Waals surface area contributed by atoms with E-state index in [4.69, 9.17) is 0 Å². The first kappa shape index (κ1) is 16.3. The minimum atomic E-state index is -0.215. The van der Waals surface area contributed by atoms with E-state index in [1.165, 1.54) is 4.90 Å². The lowest BCUT2D eigenvalue weighted by Gasteiger charge is -2.34.